The van der Waals surface area contributed by atoms with Gasteiger partial charge in [-0.3, -0.25) is 0 Å². The molecule has 0 aliphatic heterocycles. The molecule has 0 heterocycles. The van der Waals surface area contributed by atoms with Crippen molar-refractivity contribution in [1.82, 2.24) is 0 Å². The summed E-state index contributed by atoms with van der Waals surface area (Å²) >= 11 is 0. The van der Waals surface area contributed by atoms with E-state index in [1.807, 2.05) is 0 Å². The third-order valence-electron chi connectivity index (χ3n) is 3.42. The van der Waals surface area contributed by atoms with E-state index in [-0.39, 0.29) is 12.0 Å². The van der Waals surface area contributed by atoms with Gasteiger partial charge in [-0.2, -0.15) is 0 Å². The Bertz CT molecular complexity index is 598. The van der Waals surface area contributed by atoms with Crippen molar-refractivity contribution in [3.05, 3.63) is 29.8 Å². The molecule has 0 saturated heterocycles. The molecule has 0 spiro atoms. The molecule has 21 heavy (non-hydrogen) atoms. The molecule has 0 bridgehead atoms. The topological polar surface area (TPSA) is 63.6 Å². The molecule has 2 atom stereocenters. The summed E-state index contributed by atoms with van der Waals surface area (Å²) in [5.41, 5.74) is -0.0313. The minimum Gasteiger partial charge on any atom is -0.405 e. The van der Waals surface area contributed by atoms with Gasteiger partial charge in [0.2, 0.25) is 0 Å². The van der Waals surface area contributed by atoms with E-state index in [0.29, 0.717) is 12.8 Å². The third kappa shape index (κ3) is 4.34. The van der Waals surface area contributed by atoms with Gasteiger partial charge < -0.3 is 9.84 Å². The van der Waals surface area contributed by atoms with Crippen molar-refractivity contribution in [1.29, 1.82) is 0 Å². The molecule has 1 aliphatic carbocycles. The van der Waals surface area contributed by atoms with Crippen LogP contribution in [-0.2, 0) is 15.6 Å². The zero-order valence-electron chi connectivity index (χ0n) is 11.0. The van der Waals surface area contributed by atoms with Gasteiger partial charge in [-0.05, 0) is 25.3 Å². The smallest absolute Gasteiger partial charge is 0.405 e. The van der Waals surface area contributed by atoms with E-state index >= 15 is 0 Å². The van der Waals surface area contributed by atoms with Gasteiger partial charge in [0.05, 0.1) is 17.1 Å². The van der Waals surface area contributed by atoms with Crippen molar-refractivity contribution < 1.29 is 31.4 Å². The second kappa shape index (κ2) is 5.84. The molecular weight excluding hydrogens is 309 g/mol. The predicted molar refractivity (Wildman–Crippen MR) is 69.4 cm³/mol. The molecule has 118 valence electrons. The molecule has 0 aromatic heterocycles. The second-order valence-corrected chi connectivity index (χ2v) is 7.33. The van der Waals surface area contributed by atoms with Crippen LogP contribution in [0.4, 0.5) is 13.2 Å². The molecule has 1 fully saturated rings. The van der Waals surface area contributed by atoms with Crippen LogP contribution in [0.1, 0.15) is 24.8 Å². The molecule has 4 nitrogen and oxygen atoms in total. The Morgan fingerprint density at radius 3 is 2.48 bits per heavy atom. The molecule has 0 amide bonds. The maximum Gasteiger partial charge on any atom is 0.573 e. The van der Waals surface area contributed by atoms with E-state index in [4.69, 9.17) is 0 Å². The van der Waals surface area contributed by atoms with Crippen LogP contribution in [0.2, 0.25) is 0 Å². The molecule has 1 aromatic rings. The highest BCUT2D eigenvalue weighted by atomic mass is 32.2. The maximum atomic E-state index is 12.3. The molecule has 1 aromatic carbocycles. The number of benzene rings is 1. The number of sulfone groups is 1. The Kier molecular flexibility index (Phi) is 4.48. The lowest BCUT2D eigenvalue weighted by molar-refractivity contribution is -0.274. The van der Waals surface area contributed by atoms with E-state index in [2.05, 4.69) is 4.74 Å². The number of hydrogen-bond donors (Lipinski definition) is 1. The van der Waals surface area contributed by atoms with E-state index in [1.165, 1.54) is 18.2 Å². The van der Waals surface area contributed by atoms with Crippen LogP contribution in [0.3, 0.4) is 0 Å². The number of ether oxygens (including phenoxy) is 1. The van der Waals surface area contributed by atoms with Gasteiger partial charge >= 0.3 is 6.36 Å². The first-order valence-corrected chi connectivity index (χ1v) is 8.12. The van der Waals surface area contributed by atoms with E-state index in [0.717, 1.165) is 6.07 Å². The Balaban J connectivity index is 2.19. The van der Waals surface area contributed by atoms with Gasteiger partial charge in [-0.1, -0.05) is 18.2 Å². The van der Waals surface area contributed by atoms with Crippen molar-refractivity contribution in [3.63, 3.8) is 0 Å². The molecule has 1 saturated carbocycles. The van der Waals surface area contributed by atoms with E-state index in [1.54, 1.807) is 0 Å². The zero-order valence-corrected chi connectivity index (χ0v) is 11.8. The highest BCUT2D eigenvalue weighted by Crippen LogP contribution is 2.31. The van der Waals surface area contributed by atoms with Gasteiger partial charge in [0.15, 0.2) is 9.84 Å². The minimum absolute atomic E-state index is 0.0313. The number of halogens is 3. The average Bonchev–Trinajstić information content (AvgIpc) is 2.77. The van der Waals surface area contributed by atoms with Gasteiger partial charge in [0.1, 0.15) is 5.75 Å². The number of rotatable bonds is 4. The van der Waals surface area contributed by atoms with Gasteiger partial charge in [0.25, 0.3) is 0 Å². The first kappa shape index (κ1) is 16.1. The molecule has 0 radical (unpaired) electrons. The van der Waals surface area contributed by atoms with Crippen LogP contribution in [0.5, 0.6) is 5.75 Å². The van der Waals surface area contributed by atoms with Crippen molar-refractivity contribution in [2.45, 2.75) is 42.7 Å². The van der Waals surface area contributed by atoms with Crippen LogP contribution in [0, 0.1) is 0 Å². The largest absolute Gasteiger partial charge is 0.573 e. The highest BCUT2D eigenvalue weighted by Gasteiger charge is 2.35. The fourth-order valence-electron chi connectivity index (χ4n) is 2.43. The highest BCUT2D eigenvalue weighted by molar-refractivity contribution is 7.91. The summed E-state index contributed by atoms with van der Waals surface area (Å²) < 4.78 is 65.2. The number of para-hydroxylation sites is 1. The molecule has 2 rings (SSSR count). The van der Waals surface area contributed by atoms with Crippen molar-refractivity contribution in [3.8, 4) is 5.75 Å². The third-order valence-corrected chi connectivity index (χ3v) is 5.58. The standard InChI is InChI=1S/C13H15F3O4S/c14-13(15,16)20-12-4-2-1-3-9(12)8-21(18,19)11-6-5-10(17)7-11/h1-4,10-11,17H,5-8H2. The van der Waals surface area contributed by atoms with E-state index in [9.17, 15) is 26.7 Å². The monoisotopic (exact) mass is 324 g/mol. The lowest BCUT2D eigenvalue weighted by atomic mass is 10.2. The fraction of sp³-hybridized carbons (Fsp3) is 0.538. The molecule has 8 heteroatoms. The fourth-order valence-corrected chi connectivity index (χ4v) is 4.34. The van der Waals surface area contributed by atoms with Crippen molar-refractivity contribution in [2.75, 3.05) is 0 Å². The lowest BCUT2D eigenvalue weighted by Gasteiger charge is -2.15. The summed E-state index contributed by atoms with van der Waals surface area (Å²) in [6.45, 7) is 0. The molecule has 1 N–H and O–H groups in total. The quantitative estimate of drug-likeness (QED) is 0.924. The van der Waals surface area contributed by atoms with Crippen LogP contribution >= 0.6 is 0 Å². The Morgan fingerprint density at radius 2 is 1.90 bits per heavy atom. The first-order valence-electron chi connectivity index (χ1n) is 6.41. The molecule has 1 aliphatic rings. The van der Waals surface area contributed by atoms with Gasteiger partial charge in [-0.25, -0.2) is 8.42 Å². The number of aliphatic hydroxyl groups excluding tert-OH is 1. The second-order valence-electron chi connectivity index (χ2n) is 5.05. The van der Waals surface area contributed by atoms with Gasteiger partial charge in [0, 0.05) is 5.56 Å². The van der Waals surface area contributed by atoms with Crippen LogP contribution < -0.4 is 4.74 Å². The van der Waals surface area contributed by atoms with Crippen LogP contribution in [-0.4, -0.2) is 31.2 Å². The lowest BCUT2D eigenvalue weighted by Crippen LogP contribution is -2.22. The summed E-state index contributed by atoms with van der Waals surface area (Å²) in [6.07, 6.45) is -4.68. The number of hydrogen-bond acceptors (Lipinski definition) is 4. The summed E-state index contributed by atoms with van der Waals surface area (Å²) in [7, 11) is -3.63. The normalized spacial score (nSPS) is 23.2. The first-order chi connectivity index (χ1) is 9.67. The number of aliphatic hydroxyl groups is 1. The Labute approximate surface area is 120 Å². The summed E-state index contributed by atoms with van der Waals surface area (Å²) in [5.74, 6) is -1.04. The van der Waals surface area contributed by atoms with Crippen LogP contribution in [0.15, 0.2) is 24.3 Å². The Morgan fingerprint density at radius 1 is 1.24 bits per heavy atom. The van der Waals surface area contributed by atoms with Gasteiger partial charge in [-0.15, -0.1) is 13.2 Å². The summed E-state index contributed by atoms with van der Waals surface area (Å²) in [5, 5.41) is 8.68. The number of alkyl halides is 3. The minimum atomic E-state index is -4.87. The maximum absolute atomic E-state index is 12.3. The van der Waals surface area contributed by atoms with E-state index < -0.39 is 39.1 Å². The SMILES string of the molecule is O=S(=O)(Cc1ccccc1OC(F)(F)F)C1CCC(O)C1. The van der Waals surface area contributed by atoms with Crippen LogP contribution in [0.25, 0.3) is 0 Å². The summed E-state index contributed by atoms with van der Waals surface area (Å²) in [4.78, 5) is 0. The van der Waals surface area contributed by atoms with Crippen molar-refractivity contribution >= 4 is 9.84 Å². The summed E-state index contributed by atoms with van der Waals surface area (Å²) in [6, 6.07) is 5.18. The molecule has 2 unspecified atom stereocenters. The Hall–Kier alpha value is -1.28. The predicted octanol–water partition coefficient (Wildman–Crippen LogP) is 2.41. The average molecular weight is 324 g/mol. The molecular formula is C13H15F3O4S. The van der Waals surface area contributed by atoms with Crippen molar-refractivity contribution in [2.24, 2.45) is 0 Å². The zero-order chi connectivity index (χ0) is 15.7.